The van der Waals surface area contributed by atoms with E-state index in [0.29, 0.717) is 52.7 Å². The molecule has 2 rings (SSSR count). The fourth-order valence-electron chi connectivity index (χ4n) is 3.94. The van der Waals surface area contributed by atoms with E-state index in [2.05, 4.69) is 15.1 Å². The van der Waals surface area contributed by atoms with Crippen molar-refractivity contribution in [1.82, 2.24) is 4.90 Å². The van der Waals surface area contributed by atoms with Crippen molar-refractivity contribution in [1.29, 1.82) is 0 Å². The van der Waals surface area contributed by atoms with Gasteiger partial charge in [-0.25, -0.2) is 0 Å². The monoisotopic (exact) mass is 656 g/mol. The van der Waals surface area contributed by atoms with Crippen LogP contribution in [0.3, 0.4) is 0 Å². The van der Waals surface area contributed by atoms with E-state index < -0.39 is 12.2 Å². The summed E-state index contributed by atoms with van der Waals surface area (Å²) < 4.78 is 34.7. The van der Waals surface area contributed by atoms with Crippen LogP contribution in [-0.2, 0) is 28.4 Å². The van der Waals surface area contributed by atoms with Crippen LogP contribution in [0.5, 0.6) is 0 Å². The van der Waals surface area contributed by atoms with E-state index in [4.69, 9.17) is 28.4 Å². The number of thioether (sulfide) groups is 1. The standard InChI is InChI=1S/C32H56N4O8S/c1-24(37)18-41-28(5)22-43-26(3)20-39-15-12-36(13-16-40-21-27(4)44-23-29(6)42-19-25(2)38)31-10-8-30(9-11-31)33-34-32-35(7)14-17-45-32/h8-11,14,17,24-29,32,37-38H,12-13,15-16,18-23H2,1-7H3. The number of nitrogens with zero attached hydrogens (tertiary/aromatic N) is 4. The second-order valence-electron chi connectivity index (χ2n) is 11.6. The molecule has 0 amide bonds. The van der Waals surface area contributed by atoms with Crippen LogP contribution in [0.4, 0.5) is 11.4 Å². The number of benzene rings is 1. The van der Waals surface area contributed by atoms with Crippen LogP contribution in [0, 0.1) is 0 Å². The Morgan fingerprint density at radius 3 is 1.64 bits per heavy atom. The number of anilines is 1. The van der Waals surface area contributed by atoms with Gasteiger partial charge in [0.1, 0.15) is 0 Å². The van der Waals surface area contributed by atoms with Gasteiger partial charge in [-0.1, -0.05) is 11.8 Å². The molecule has 0 aliphatic carbocycles. The fourth-order valence-corrected chi connectivity index (χ4v) is 4.71. The average Bonchev–Trinajstić information content (AvgIpc) is 3.43. The molecule has 1 aliphatic rings. The molecule has 0 bridgehead atoms. The highest BCUT2D eigenvalue weighted by molar-refractivity contribution is 8.02. The SMILES string of the molecule is CC(O)COC(C)COC(C)COCCN(CCOCC(C)OCC(C)OCC(C)O)c1ccc(N=NC2SC=CN2C)cc1. The summed E-state index contributed by atoms with van der Waals surface area (Å²) in [6.45, 7) is 15.9. The van der Waals surface area contributed by atoms with Crippen molar-refractivity contribution in [2.45, 2.75) is 83.7 Å². The first-order valence-electron chi connectivity index (χ1n) is 15.8. The molecule has 1 aromatic carbocycles. The molecule has 0 saturated carbocycles. The van der Waals surface area contributed by atoms with Crippen LogP contribution in [0.25, 0.3) is 0 Å². The van der Waals surface area contributed by atoms with Gasteiger partial charge in [0.15, 0.2) is 5.50 Å². The van der Waals surface area contributed by atoms with Gasteiger partial charge in [-0.2, -0.15) is 10.2 Å². The lowest BCUT2D eigenvalue weighted by molar-refractivity contribution is -0.0702. The molecule has 0 spiro atoms. The molecular weight excluding hydrogens is 600 g/mol. The maximum atomic E-state index is 9.37. The van der Waals surface area contributed by atoms with Crippen molar-refractivity contribution < 1.29 is 38.6 Å². The molecule has 0 fully saturated rings. The fraction of sp³-hybridized carbons (Fsp3) is 0.750. The summed E-state index contributed by atoms with van der Waals surface area (Å²) >= 11 is 1.62. The highest BCUT2D eigenvalue weighted by Crippen LogP contribution is 2.27. The van der Waals surface area contributed by atoms with Crippen molar-refractivity contribution in [3.05, 3.63) is 35.9 Å². The smallest absolute Gasteiger partial charge is 0.193 e. The quantitative estimate of drug-likeness (QED) is 0.115. The number of hydrogen-bond acceptors (Lipinski definition) is 13. The molecule has 0 aromatic heterocycles. The second-order valence-corrected chi connectivity index (χ2v) is 12.5. The maximum absolute atomic E-state index is 9.37. The molecule has 0 saturated heterocycles. The first-order chi connectivity index (χ1) is 21.5. The van der Waals surface area contributed by atoms with Gasteiger partial charge >= 0.3 is 0 Å². The lowest BCUT2D eigenvalue weighted by Crippen LogP contribution is -2.33. The zero-order chi connectivity index (χ0) is 33.0. The summed E-state index contributed by atoms with van der Waals surface area (Å²) in [7, 11) is 1.98. The Morgan fingerprint density at radius 2 is 1.20 bits per heavy atom. The van der Waals surface area contributed by atoms with Gasteiger partial charge in [-0.3, -0.25) is 0 Å². The second kappa shape index (κ2) is 22.7. The van der Waals surface area contributed by atoms with Crippen LogP contribution >= 0.6 is 11.8 Å². The van der Waals surface area contributed by atoms with E-state index in [1.807, 2.05) is 75.5 Å². The van der Waals surface area contributed by atoms with Gasteiger partial charge in [0.05, 0.1) is 95.2 Å². The molecule has 1 heterocycles. The summed E-state index contributed by atoms with van der Waals surface area (Å²) in [6, 6.07) is 8.01. The minimum absolute atomic E-state index is 0.0341. The van der Waals surface area contributed by atoms with Crippen LogP contribution in [0.2, 0.25) is 0 Å². The van der Waals surface area contributed by atoms with Crippen molar-refractivity contribution in [3.8, 4) is 0 Å². The minimum Gasteiger partial charge on any atom is -0.391 e. The van der Waals surface area contributed by atoms with E-state index >= 15 is 0 Å². The Labute approximate surface area is 274 Å². The van der Waals surface area contributed by atoms with Crippen molar-refractivity contribution in [2.75, 3.05) is 77.9 Å². The molecule has 12 nitrogen and oxygen atoms in total. The van der Waals surface area contributed by atoms with Crippen LogP contribution in [-0.4, -0.2) is 130 Å². The Kier molecular flexibility index (Phi) is 19.8. The van der Waals surface area contributed by atoms with E-state index in [1.54, 1.807) is 25.6 Å². The van der Waals surface area contributed by atoms with Gasteiger partial charge in [-0.05, 0) is 71.2 Å². The lowest BCUT2D eigenvalue weighted by Gasteiger charge is -2.26. The number of aliphatic hydroxyl groups excluding tert-OH is 2. The normalized spacial score (nSPS) is 19.1. The van der Waals surface area contributed by atoms with Gasteiger partial charge < -0.3 is 48.4 Å². The third-order valence-electron chi connectivity index (χ3n) is 6.52. The molecule has 13 heteroatoms. The van der Waals surface area contributed by atoms with Gasteiger partial charge in [-0.15, -0.1) is 0 Å². The Hall–Kier alpha value is -1.81. The number of hydrogen-bond donors (Lipinski definition) is 2. The number of ether oxygens (including phenoxy) is 6. The summed E-state index contributed by atoms with van der Waals surface area (Å²) in [5, 5.41) is 29.6. The maximum Gasteiger partial charge on any atom is 0.193 e. The number of rotatable bonds is 25. The summed E-state index contributed by atoms with van der Waals surface area (Å²) in [5.74, 6) is 0. The van der Waals surface area contributed by atoms with E-state index in [-0.39, 0.29) is 43.1 Å². The lowest BCUT2D eigenvalue weighted by atomic mass is 10.2. The number of aliphatic hydroxyl groups is 2. The van der Waals surface area contributed by atoms with Gasteiger partial charge in [0.2, 0.25) is 0 Å². The predicted molar refractivity (Wildman–Crippen MR) is 178 cm³/mol. The van der Waals surface area contributed by atoms with E-state index in [9.17, 15) is 10.2 Å². The third-order valence-corrected chi connectivity index (χ3v) is 7.47. The van der Waals surface area contributed by atoms with Crippen LogP contribution < -0.4 is 4.90 Å². The molecule has 0 radical (unpaired) electrons. The summed E-state index contributed by atoms with van der Waals surface area (Å²) in [5.41, 5.74) is 1.80. The molecule has 258 valence electrons. The van der Waals surface area contributed by atoms with Crippen molar-refractivity contribution in [2.24, 2.45) is 10.2 Å². The molecule has 45 heavy (non-hydrogen) atoms. The first kappa shape index (κ1) is 39.4. The van der Waals surface area contributed by atoms with E-state index in [1.165, 1.54) is 0 Å². The molecule has 7 unspecified atom stereocenters. The Balaban J connectivity index is 1.82. The van der Waals surface area contributed by atoms with Gasteiger partial charge in [0, 0.05) is 32.0 Å². The topological polar surface area (TPSA) is 127 Å². The highest BCUT2D eigenvalue weighted by Gasteiger charge is 2.15. The molecule has 1 aromatic rings. The largest absolute Gasteiger partial charge is 0.391 e. The molecular formula is C32H56N4O8S. The highest BCUT2D eigenvalue weighted by atomic mass is 32.2. The van der Waals surface area contributed by atoms with Crippen molar-refractivity contribution >= 4 is 23.1 Å². The Bertz CT molecular complexity index is 920. The summed E-state index contributed by atoms with van der Waals surface area (Å²) in [4.78, 5) is 4.24. The predicted octanol–water partition coefficient (Wildman–Crippen LogP) is 4.43. The van der Waals surface area contributed by atoms with Crippen LogP contribution in [0.1, 0.15) is 41.5 Å². The molecule has 1 aliphatic heterocycles. The average molecular weight is 657 g/mol. The first-order valence-corrected chi connectivity index (χ1v) is 16.8. The minimum atomic E-state index is -0.495. The zero-order valence-electron chi connectivity index (χ0n) is 28.1. The zero-order valence-corrected chi connectivity index (χ0v) is 28.9. The Morgan fingerprint density at radius 1 is 0.733 bits per heavy atom. The van der Waals surface area contributed by atoms with Gasteiger partial charge in [0.25, 0.3) is 0 Å². The molecule has 7 atom stereocenters. The van der Waals surface area contributed by atoms with Crippen molar-refractivity contribution in [3.63, 3.8) is 0 Å². The molecule has 2 N–H and O–H groups in total. The van der Waals surface area contributed by atoms with Crippen LogP contribution in [0.15, 0.2) is 46.1 Å². The third kappa shape index (κ3) is 18.2. The summed E-state index contributed by atoms with van der Waals surface area (Å²) in [6.07, 6.45) is 0.623. The van der Waals surface area contributed by atoms with E-state index in [0.717, 1.165) is 11.4 Å². The number of azo groups is 1.